The van der Waals surface area contributed by atoms with E-state index in [0.29, 0.717) is 10.7 Å². The van der Waals surface area contributed by atoms with Crippen molar-refractivity contribution in [3.8, 4) is 5.75 Å². The summed E-state index contributed by atoms with van der Waals surface area (Å²) in [4.78, 5) is 4.40. The number of aromatic nitrogens is 1. The lowest BCUT2D eigenvalue weighted by atomic mass is 10.3. The van der Waals surface area contributed by atoms with Gasteiger partial charge in [0.15, 0.2) is 0 Å². The van der Waals surface area contributed by atoms with E-state index in [1.807, 2.05) is 6.07 Å². The minimum absolute atomic E-state index is 0.313. The first-order valence-corrected chi connectivity index (χ1v) is 5.53. The summed E-state index contributed by atoms with van der Waals surface area (Å²) in [7, 11) is 0. The maximum absolute atomic E-state index is 5.50. The highest BCUT2D eigenvalue weighted by atomic mass is 32.1. The van der Waals surface area contributed by atoms with Gasteiger partial charge >= 0.3 is 0 Å². The van der Waals surface area contributed by atoms with Crippen molar-refractivity contribution in [3.63, 3.8) is 0 Å². The van der Waals surface area contributed by atoms with E-state index in [2.05, 4.69) is 11.9 Å². The maximum Gasteiger partial charge on any atom is 0.137 e. The summed E-state index contributed by atoms with van der Waals surface area (Å²) in [6, 6.07) is 3.62. The summed E-state index contributed by atoms with van der Waals surface area (Å²) >= 11 is 4.80. The van der Waals surface area contributed by atoms with Crippen LogP contribution in [0.4, 0.5) is 0 Å². The largest absolute Gasteiger partial charge is 0.492 e. The van der Waals surface area contributed by atoms with E-state index in [-0.39, 0.29) is 0 Å². The zero-order chi connectivity index (χ0) is 11.1. The Kier molecular flexibility index (Phi) is 5.04. The van der Waals surface area contributed by atoms with Gasteiger partial charge in [-0.25, -0.2) is 4.98 Å². The molecule has 0 aromatic carbocycles. The fourth-order valence-electron chi connectivity index (χ4n) is 1.15. The number of hydrogen-bond acceptors (Lipinski definition) is 3. The average Bonchev–Trinajstić information content (AvgIpc) is 2.25. The number of nitrogens with zero attached hydrogens (tertiary/aromatic N) is 1. The third kappa shape index (κ3) is 4.25. The number of rotatable bonds is 6. The third-order valence-electron chi connectivity index (χ3n) is 2.01. The Bertz CT molecular complexity index is 311. The molecule has 0 saturated heterocycles. The normalized spacial score (nSPS) is 9.93. The average molecular weight is 224 g/mol. The smallest absolute Gasteiger partial charge is 0.137 e. The SMILES string of the molecule is CCCCCOc1ccc(C(N)=S)nc1. The number of nitrogens with two attached hydrogens (primary N) is 1. The summed E-state index contributed by atoms with van der Waals surface area (Å²) in [5.41, 5.74) is 6.06. The van der Waals surface area contributed by atoms with Crippen LogP contribution in [-0.2, 0) is 0 Å². The summed E-state index contributed by atoms with van der Waals surface area (Å²) in [6.07, 6.45) is 5.12. The minimum Gasteiger partial charge on any atom is -0.492 e. The summed E-state index contributed by atoms with van der Waals surface area (Å²) in [5, 5.41) is 0. The topological polar surface area (TPSA) is 48.1 Å². The molecule has 15 heavy (non-hydrogen) atoms. The van der Waals surface area contributed by atoms with Crippen LogP contribution in [0.5, 0.6) is 5.75 Å². The van der Waals surface area contributed by atoms with Gasteiger partial charge in [-0.15, -0.1) is 0 Å². The lowest BCUT2D eigenvalue weighted by Crippen LogP contribution is -2.11. The minimum atomic E-state index is 0.313. The van der Waals surface area contributed by atoms with Crippen molar-refractivity contribution < 1.29 is 4.74 Å². The van der Waals surface area contributed by atoms with Gasteiger partial charge in [0.05, 0.1) is 18.5 Å². The van der Waals surface area contributed by atoms with E-state index in [1.54, 1.807) is 12.3 Å². The molecule has 0 aliphatic rings. The van der Waals surface area contributed by atoms with Gasteiger partial charge in [0.1, 0.15) is 10.7 Å². The van der Waals surface area contributed by atoms with E-state index in [9.17, 15) is 0 Å². The van der Waals surface area contributed by atoms with Crippen molar-refractivity contribution in [2.45, 2.75) is 26.2 Å². The first kappa shape index (κ1) is 11.9. The molecular formula is C11H16N2OS. The van der Waals surface area contributed by atoms with Crippen LogP contribution in [0.15, 0.2) is 18.3 Å². The predicted molar refractivity (Wildman–Crippen MR) is 65.1 cm³/mol. The van der Waals surface area contributed by atoms with Crippen LogP contribution in [0.2, 0.25) is 0 Å². The lowest BCUT2D eigenvalue weighted by molar-refractivity contribution is 0.305. The van der Waals surface area contributed by atoms with Gasteiger partial charge in [0.25, 0.3) is 0 Å². The van der Waals surface area contributed by atoms with E-state index in [0.717, 1.165) is 18.8 Å². The Labute approximate surface area is 95.7 Å². The molecule has 1 aromatic heterocycles. The van der Waals surface area contributed by atoms with Crippen LogP contribution in [0.25, 0.3) is 0 Å². The van der Waals surface area contributed by atoms with Crippen molar-refractivity contribution in [1.82, 2.24) is 4.98 Å². The second-order valence-corrected chi connectivity index (χ2v) is 3.74. The molecule has 3 nitrogen and oxygen atoms in total. The van der Waals surface area contributed by atoms with Gasteiger partial charge < -0.3 is 10.5 Å². The molecule has 0 fully saturated rings. The highest BCUT2D eigenvalue weighted by molar-refractivity contribution is 7.80. The van der Waals surface area contributed by atoms with E-state index in [4.69, 9.17) is 22.7 Å². The van der Waals surface area contributed by atoms with Crippen LogP contribution in [0, 0.1) is 0 Å². The fraction of sp³-hybridized carbons (Fsp3) is 0.455. The molecule has 0 bridgehead atoms. The summed E-state index contributed by atoms with van der Waals surface area (Å²) in [6.45, 7) is 2.90. The Morgan fingerprint density at radius 1 is 1.47 bits per heavy atom. The Morgan fingerprint density at radius 2 is 2.27 bits per heavy atom. The van der Waals surface area contributed by atoms with Crippen LogP contribution in [-0.4, -0.2) is 16.6 Å². The molecular weight excluding hydrogens is 208 g/mol. The number of hydrogen-bond donors (Lipinski definition) is 1. The predicted octanol–water partition coefficient (Wildman–Crippen LogP) is 2.28. The van der Waals surface area contributed by atoms with Crippen molar-refractivity contribution in [2.75, 3.05) is 6.61 Å². The molecule has 1 rings (SSSR count). The zero-order valence-electron chi connectivity index (χ0n) is 8.90. The monoisotopic (exact) mass is 224 g/mol. The van der Waals surface area contributed by atoms with Gasteiger partial charge in [0.2, 0.25) is 0 Å². The van der Waals surface area contributed by atoms with Crippen molar-refractivity contribution >= 4 is 17.2 Å². The van der Waals surface area contributed by atoms with E-state index >= 15 is 0 Å². The third-order valence-corrected chi connectivity index (χ3v) is 2.21. The molecule has 1 aromatic rings. The second kappa shape index (κ2) is 6.35. The number of unbranched alkanes of at least 4 members (excludes halogenated alkanes) is 2. The maximum atomic E-state index is 5.50. The molecule has 0 aliphatic carbocycles. The summed E-state index contributed by atoms with van der Waals surface area (Å²) < 4.78 is 5.50. The van der Waals surface area contributed by atoms with Gasteiger partial charge in [0, 0.05) is 0 Å². The van der Waals surface area contributed by atoms with Gasteiger partial charge in [-0.3, -0.25) is 0 Å². The standard InChI is InChI=1S/C11H16N2OS/c1-2-3-4-7-14-9-5-6-10(11(12)15)13-8-9/h5-6,8H,2-4,7H2,1H3,(H2,12,15). The molecule has 0 unspecified atom stereocenters. The van der Waals surface area contributed by atoms with Crippen LogP contribution in [0.3, 0.4) is 0 Å². The van der Waals surface area contributed by atoms with Gasteiger partial charge in [-0.1, -0.05) is 32.0 Å². The molecule has 2 N–H and O–H groups in total. The zero-order valence-corrected chi connectivity index (χ0v) is 9.72. The highest BCUT2D eigenvalue weighted by Gasteiger charge is 1.98. The molecule has 0 spiro atoms. The molecule has 1 heterocycles. The van der Waals surface area contributed by atoms with E-state index in [1.165, 1.54) is 12.8 Å². The second-order valence-electron chi connectivity index (χ2n) is 3.30. The first-order chi connectivity index (χ1) is 7.24. The van der Waals surface area contributed by atoms with Crippen molar-refractivity contribution in [3.05, 3.63) is 24.0 Å². The molecule has 0 amide bonds. The fourth-order valence-corrected chi connectivity index (χ4v) is 1.27. The Balaban J connectivity index is 2.39. The number of thiocarbonyl (C=S) groups is 1. The highest BCUT2D eigenvalue weighted by Crippen LogP contribution is 2.09. The van der Waals surface area contributed by atoms with Gasteiger partial charge in [-0.2, -0.15) is 0 Å². The molecule has 82 valence electrons. The molecule has 0 aliphatic heterocycles. The van der Waals surface area contributed by atoms with Crippen molar-refractivity contribution in [2.24, 2.45) is 5.73 Å². The molecule has 0 atom stereocenters. The number of pyridine rings is 1. The molecule has 0 saturated carbocycles. The lowest BCUT2D eigenvalue weighted by Gasteiger charge is -2.05. The van der Waals surface area contributed by atoms with Crippen LogP contribution in [0.1, 0.15) is 31.9 Å². The van der Waals surface area contributed by atoms with Crippen LogP contribution < -0.4 is 10.5 Å². The Morgan fingerprint density at radius 3 is 2.80 bits per heavy atom. The van der Waals surface area contributed by atoms with E-state index < -0.39 is 0 Å². The molecule has 0 radical (unpaired) electrons. The number of ether oxygens (including phenoxy) is 1. The summed E-state index contributed by atoms with van der Waals surface area (Å²) in [5.74, 6) is 0.770. The first-order valence-electron chi connectivity index (χ1n) is 5.12. The van der Waals surface area contributed by atoms with Gasteiger partial charge in [-0.05, 0) is 18.6 Å². The van der Waals surface area contributed by atoms with Crippen LogP contribution >= 0.6 is 12.2 Å². The molecule has 4 heteroatoms. The quantitative estimate of drug-likeness (QED) is 0.595. The van der Waals surface area contributed by atoms with Crippen molar-refractivity contribution in [1.29, 1.82) is 0 Å². The Hall–Kier alpha value is -1.16.